The molecule has 0 aliphatic heterocycles. The molecule has 1 aliphatic carbocycles. The zero-order valence-corrected chi connectivity index (χ0v) is 9.37. The van der Waals surface area contributed by atoms with Gasteiger partial charge in [-0.2, -0.15) is 0 Å². The third-order valence-corrected chi connectivity index (χ3v) is 2.91. The molecule has 18 heavy (non-hydrogen) atoms. The molecule has 1 fully saturated rings. The van der Waals surface area contributed by atoms with Crippen LogP contribution in [-0.2, 0) is 0 Å². The predicted molar refractivity (Wildman–Crippen MR) is 62.7 cm³/mol. The summed E-state index contributed by atoms with van der Waals surface area (Å²) in [6, 6.07) is 3.55. The van der Waals surface area contributed by atoms with Gasteiger partial charge in [0.05, 0.1) is 16.6 Å². The minimum Gasteiger partial charge on any atom is -0.478 e. The summed E-state index contributed by atoms with van der Waals surface area (Å²) in [5, 5.41) is 31.7. The lowest BCUT2D eigenvalue weighted by Crippen LogP contribution is -2.39. The van der Waals surface area contributed by atoms with Crippen molar-refractivity contribution in [1.29, 1.82) is 0 Å². The van der Waals surface area contributed by atoms with Crippen molar-refractivity contribution in [2.75, 3.05) is 5.32 Å². The van der Waals surface area contributed by atoms with Gasteiger partial charge in [-0.1, -0.05) is 0 Å². The number of nitro benzene ring substituents is 1. The zero-order valence-electron chi connectivity index (χ0n) is 9.37. The fourth-order valence-electron chi connectivity index (χ4n) is 1.87. The summed E-state index contributed by atoms with van der Waals surface area (Å²) in [5.74, 6) is -1.14. The normalized spacial score (nSPS) is 22.1. The van der Waals surface area contributed by atoms with E-state index in [-0.39, 0.29) is 29.1 Å². The molecule has 0 spiro atoms. The van der Waals surface area contributed by atoms with E-state index in [9.17, 15) is 14.9 Å². The van der Waals surface area contributed by atoms with Crippen LogP contribution in [0.15, 0.2) is 18.2 Å². The van der Waals surface area contributed by atoms with Crippen molar-refractivity contribution in [3.05, 3.63) is 33.9 Å². The molecular formula is C11H12N2O5. The molecule has 1 aromatic rings. The van der Waals surface area contributed by atoms with Crippen LogP contribution in [0.5, 0.6) is 0 Å². The third-order valence-electron chi connectivity index (χ3n) is 2.91. The number of hydrogen-bond acceptors (Lipinski definition) is 5. The van der Waals surface area contributed by atoms with Crippen molar-refractivity contribution in [3.8, 4) is 0 Å². The molecule has 0 amide bonds. The van der Waals surface area contributed by atoms with Crippen molar-refractivity contribution >= 4 is 17.3 Å². The molecule has 0 aromatic heterocycles. The lowest BCUT2D eigenvalue weighted by Gasteiger charge is -2.32. The zero-order chi connectivity index (χ0) is 13.3. The number of carbonyl (C=O) groups is 1. The van der Waals surface area contributed by atoms with Crippen molar-refractivity contribution in [2.24, 2.45) is 0 Å². The number of nitro groups is 1. The van der Waals surface area contributed by atoms with E-state index < -0.39 is 10.9 Å². The van der Waals surface area contributed by atoms with Gasteiger partial charge in [0.2, 0.25) is 0 Å². The van der Waals surface area contributed by atoms with Crippen LogP contribution in [-0.4, -0.2) is 33.3 Å². The van der Waals surface area contributed by atoms with Gasteiger partial charge in [0.25, 0.3) is 5.69 Å². The first-order chi connectivity index (χ1) is 8.47. The summed E-state index contributed by atoms with van der Waals surface area (Å²) in [5.41, 5.74) is 0.00108. The number of aromatic carboxylic acids is 1. The summed E-state index contributed by atoms with van der Waals surface area (Å²) in [6.45, 7) is 0. The Morgan fingerprint density at radius 1 is 1.44 bits per heavy atom. The minimum absolute atomic E-state index is 0.0111. The molecule has 7 nitrogen and oxygen atoms in total. The Morgan fingerprint density at radius 2 is 2.11 bits per heavy atom. The molecule has 0 atom stereocenters. The number of aliphatic hydroxyl groups excluding tert-OH is 1. The van der Waals surface area contributed by atoms with Crippen LogP contribution in [0.2, 0.25) is 0 Å². The highest BCUT2D eigenvalue weighted by Crippen LogP contribution is 2.30. The predicted octanol–water partition coefficient (Wildman–Crippen LogP) is 1.23. The van der Waals surface area contributed by atoms with Crippen molar-refractivity contribution < 1.29 is 19.9 Å². The molecule has 1 aromatic carbocycles. The maximum Gasteiger partial charge on any atom is 0.335 e. The topological polar surface area (TPSA) is 113 Å². The average molecular weight is 252 g/mol. The lowest BCUT2D eigenvalue weighted by molar-refractivity contribution is -0.384. The number of rotatable bonds is 4. The molecule has 0 saturated heterocycles. The van der Waals surface area contributed by atoms with E-state index in [1.165, 1.54) is 18.2 Å². The standard InChI is InChI=1S/C11H12N2O5/c14-8-4-7(5-8)12-9-3-6(11(15)16)1-2-10(9)13(17)18/h1-3,7-8,12,14H,4-5H2,(H,15,16). The highest BCUT2D eigenvalue weighted by Gasteiger charge is 2.29. The van der Waals surface area contributed by atoms with Crippen LogP contribution in [0.1, 0.15) is 23.2 Å². The monoisotopic (exact) mass is 252 g/mol. The second kappa shape index (κ2) is 4.61. The molecule has 7 heteroatoms. The lowest BCUT2D eigenvalue weighted by atomic mass is 9.89. The highest BCUT2D eigenvalue weighted by atomic mass is 16.6. The number of aliphatic hydroxyl groups is 1. The van der Waals surface area contributed by atoms with Crippen molar-refractivity contribution in [3.63, 3.8) is 0 Å². The Kier molecular flexibility index (Phi) is 3.15. The van der Waals surface area contributed by atoms with Gasteiger partial charge in [-0.15, -0.1) is 0 Å². The van der Waals surface area contributed by atoms with Gasteiger partial charge in [0, 0.05) is 12.1 Å². The fourth-order valence-corrected chi connectivity index (χ4v) is 1.87. The quantitative estimate of drug-likeness (QED) is 0.548. The van der Waals surface area contributed by atoms with E-state index >= 15 is 0 Å². The molecule has 96 valence electrons. The third kappa shape index (κ3) is 2.40. The summed E-state index contributed by atoms with van der Waals surface area (Å²) in [4.78, 5) is 21.1. The van der Waals surface area contributed by atoms with E-state index in [1.807, 2.05) is 0 Å². The largest absolute Gasteiger partial charge is 0.478 e. The maximum absolute atomic E-state index is 10.8. The Labute approximate surface area is 102 Å². The van der Waals surface area contributed by atoms with Gasteiger partial charge in [-0.25, -0.2) is 4.79 Å². The van der Waals surface area contributed by atoms with Crippen LogP contribution in [0.4, 0.5) is 11.4 Å². The van der Waals surface area contributed by atoms with Crippen LogP contribution in [0.3, 0.4) is 0 Å². The summed E-state index contributed by atoms with van der Waals surface area (Å²) < 4.78 is 0. The molecular weight excluding hydrogens is 240 g/mol. The van der Waals surface area contributed by atoms with Gasteiger partial charge >= 0.3 is 5.97 Å². The number of hydrogen-bond donors (Lipinski definition) is 3. The molecule has 0 heterocycles. The highest BCUT2D eigenvalue weighted by molar-refractivity contribution is 5.90. The molecule has 0 radical (unpaired) electrons. The van der Waals surface area contributed by atoms with Crippen molar-refractivity contribution in [1.82, 2.24) is 0 Å². The molecule has 0 unspecified atom stereocenters. The number of nitrogens with one attached hydrogen (secondary N) is 1. The Morgan fingerprint density at radius 3 is 2.61 bits per heavy atom. The minimum atomic E-state index is -1.14. The summed E-state index contributed by atoms with van der Waals surface area (Å²) in [6.07, 6.45) is 0.632. The van der Waals surface area contributed by atoms with E-state index in [1.54, 1.807) is 0 Å². The maximum atomic E-state index is 10.8. The second-order valence-corrected chi connectivity index (χ2v) is 4.26. The van der Waals surface area contributed by atoms with E-state index in [0.717, 1.165) is 0 Å². The van der Waals surface area contributed by atoms with Crippen LogP contribution >= 0.6 is 0 Å². The Hall–Kier alpha value is -2.15. The summed E-state index contributed by atoms with van der Waals surface area (Å²) >= 11 is 0. The van der Waals surface area contributed by atoms with Crippen LogP contribution in [0, 0.1) is 10.1 Å². The molecule has 2 rings (SSSR count). The first-order valence-electron chi connectivity index (χ1n) is 5.43. The number of carboxylic acids is 1. The number of benzene rings is 1. The Balaban J connectivity index is 2.26. The number of nitrogens with zero attached hydrogens (tertiary/aromatic N) is 1. The number of carboxylic acid groups (broad SMARTS) is 1. The van der Waals surface area contributed by atoms with E-state index in [0.29, 0.717) is 12.8 Å². The van der Waals surface area contributed by atoms with Gasteiger partial charge in [0.15, 0.2) is 0 Å². The molecule has 1 aliphatic rings. The van der Waals surface area contributed by atoms with Crippen LogP contribution < -0.4 is 5.32 Å². The van der Waals surface area contributed by atoms with E-state index in [2.05, 4.69) is 5.32 Å². The second-order valence-electron chi connectivity index (χ2n) is 4.26. The van der Waals surface area contributed by atoms with Gasteiger partial charge in [-0.05, 0) is 25.0 Å². The SMILES string of the molecule is O=C(O)c1ccc([N+](=O)[O-])c(NC2CC(O)C2)c1. The fraction of sp³-hybridized carbons (Fsp3) is 0.364. The van der Waals surface area contributed by atoms with Gasteiger partial charge in [-0.3, -0.25) is 10.1 Å². The number of anilines is 1. The first-order valence-corrected chi connectivity index (χ1v) is 5.43. The van der Waals surface area contributed by atoms with E-state index in [4.69, 9.17) is 10.2 Å². The molecule has 0 bridgehead atoms. The first kappa shape index (κ1) is 12.3. The summed E-state index contributed by atoms with van der Waals surface area (Å²) in [7, 11) is 0. The average Bonchev–Trinajstić information content (AvgIpc) is 2.26. The molecule has 3 N–H and O–H groups in total. The van der Waals surface area contributed by atoms with Crippen LogP contribution in [0.25, 0.3) is 0 Å². The van der Waals surface area contributed by atoms with Gasteiger partial charge < -0.3 is 15.5 Å². The Bertz CT molecular complexity index is 496. The van der Waals surface area contributed by atoms with Gasteiger partial charge in [0.1, 0.15) is 5.69 Å². The molecule has 1 saturated carbocycles. The van der Waals surface area contributed by atoms with Crippen molar-refractivity contribution in [2.45, 2.75) is 25.0 Å². The smallest absolute Gasteiger partial charge is 0.335 e.